The average Bonchev–Trinajstić information content (AvgIpc) is 2.94. The number of hydrogen-bond donors (Lipinski definition) is 1. The fourth-order valence-corrected chi connectivity index (χ4v) is 2.19. The van der Waals surface area contributed by atoms with Crippen molar-refractivity contribution in [2.75, 3.05) is 11.9 Å². The molecule has 0 radical (unpaired) electrons. The van der Waals surface area contributed by atoms with Crippen LogP contribution in [0.5, 0.6) is 5.75 Å². The Balaban J connectivity index is 1.94. The van der Waals surface area contributed by atoms with Crippen LogP contribution in [-0.4, -0.2) is 16.4 Å². The van der Waals surface area contributed by atoms with Gasteiger partial charge in [-0.25, -0.2) is 0 Å². The summed E-state index contributed by atoms with van der Waals surface area (Å²) in [6.07, 6.45) is 2.00. The summed E-state index contributed by atoms with van der Waals surface area (Å²) >= 11 is 0. The third-order valence-corrected chi connectivity index (χ3v) is 3.38. The van der Waals surface area contributed by atoms with E-state index in [2.05, 4.69) is 54.1 Å². The molecule has 1 aromatic heterocycles. The van der Waals surface area contributed by atoms with Gasteiger partial charge in [0.1, 0.15) is 5.75 Å². The minimum absolute atomic E-state index is 0.766. The Labute approximate surface area is 127 Å². The molecular weight excluding hydrogens is 262 g/mol. The molecule has 0 unspecified atom stereocenters. The molecule has 2 aromatic rings. The predicted molar refractivity (Wildman–Crippen MR) is 86.8 cm³/mol. The topological polar surface area (TPSA) is 39.1 Å². The number of aryl methyl sites for hydroxylation is 2. The summed E-state index contributed by atoms with van der Waals surface area (Å²) in [7, 11) is 0. The van der Waals surface area contributed by atoms with Gasteiger partial charge in [0.15, 0.2) is 0 Å². The van der Waals surface area contributed by atoms with E-state index >= 15 is 0 Å². The molecule has 0 amide bonds. The monoisotopic (exact) mass is 287 g/mol. The molecule has 114 valence electrons. The Hall–Kier alpha value is -1.97. The van der Waals surface area contributed by atoms with Gasteiger partial charge in [0.2, 0.25) is 0 Å². The first kappa shape index (κ1) is 15.4. The van der Waals surface area contributed by atoms with Crippen LogP contribution in [0.1, 0.15) is 38.6 Å². The van der Waals surface area contributed by atoms with E-state index in [0.717, 1.165) is 49.7 Å². The van der Waals surface area contributed by atoms with E-state index in [0.29, 0.717) is 0 Å². The van der Waals surface area contributed by atoms with Crippen molar-refractivity contribution in [3.63, 3.8) is 0 Å². The zero-order valence-electron chi connectivity index (χ0n) is 13.2. The molecule has 4 heteroatoms. The van der Waals surface area contributed by atoms with Crippen molar-refractivity contribution in [3.8, 4) is 5.75 Å². The van der Waals surface area contributed by atoms with Gasteiger partial charge in [0, 0.05) is 12.2 Å². The van der Waals surface area contributed by atoms with E-state index in [1.807, 2.05) is 12.1 Å². The largest absolute Gasteiger partial charge is 0.494 e. The van der Waals surface area contributed by atoms with Crippen LogP contribution in [0.25, 0.3) is 0 Å². The lowest BCUT2D eigenvalue weighted by Crippen LogP contribution is -2.07. The summed E-state index contributed by atoms with van der Waals surface area (Å²) in [4.78, 5) is 0. The molecule has 0 bridgehead atoms. The van der Waals surface area contributed by atoms with E-state index in [-0.39, 0.29) is 0 Å². The van der Waals surface area contributed by atoms with E-state index in [1.165, 1.54) is 5.69 Å². The Bertz CT molecular complexity index is 546. The van der Waals surface area contributed by atoms with Gasteiger partial charge >= 0.3 is 0 Å². The minimum atomic E-state index is 0.766. The molecule has 1 N–H and O–H groups in total. The van der Waals surface area contributed by atoms with Gasteiger partial charge in [0.25, 0.3) is 0 Å². The summed E-state index contributed by atoms with van der Waals surface area (Å²) < 4.78 is 7.65. The predicted octanol–water partition coefficient (Wildman–Crippen LogP) is 3.87. The summed E-state index contributed by atoms with van der Waals surface area (Å²) in [5.41, 5.74) is 3.47. The smallest absolute Gasteiger partial charge is 0.119 e. The molecule has 0 spiro atoms. The third-order valence-electron chi connectivity index (χ3n) is 3.38. The van der Waals surface area contributed by atoms with Crippen molar-refractivity contribution >= 4 is 5.69 Å². The Morgan fingerprint density at radius 1 is 1.14 bits per heavy atom. The van der Waals surface area contributed by atoms with Gasteiger partial charge in [0.05, 0.1) is 24.5 Å². The molecule has 0 fully saturated rings. The van der Waals surface area contributed by atoms with Crippen LogP contribution in [0.15, 0.2) is 30.3 Å². The second-order valence-corrected chi connectivity index (χ2v) is 5.02. The lowest BCUT2D eigenvalue weighted by molar-refractivity contribution is 0.317. The highest BCUT2D eigenvalue weighted by atomic mass is 16.5. The maximum absolute atomic E-state index is 5.59. The minimum Gasteiger partial charge on any atom is -0.494 e. The molecule has 1 aromatic carbocycles. The molecule has 4 nitrogen and oxygen atoms in total. The van der Waals surface area contributed by atoms with Crippen LogP contribution >= 0.6 is 0 Å². The summed E-state index contributed by atoms with van der Waals surface area (Å²) in [5.74, 6) is 0.925. The van der Waals surface area contributed by atoms with Gasteiger partial charge in [-0.2, -0.15) is 5.10 Å². The fourth-order valence-electron chi connectivity index (χ4n) is 2.19. The van der Waals surface area contributed by atoms with Crippen molar-refractivity contribution in [1.82, 2.24) is 9.78 Å². The molecule has 0 aliphatic carbocycles. The van der Waals surface area contributed by atoms with Gasteiger partial charge < -0.3 is 10.1 Å². The van der Waals surface area contributed by atoms with Gasteiger partial charge in [-0.05, 0) is 50.1 Å². The van der Waals surface area contributed by atoms with Gasteiger partial charge in [-0.1, -0.05) is 13.8 Å². The zero-order chi connectivity index (χ0) is 15.1. The highest BCUT2D eigenvalue weighted by Crippen LogP contribution is 2.17. The number of benzene rings is 1. The Morgan fingerprint density at radius 2 is 1.90 bits per heavy atom. The molecule has 0 atom stereocenters. The van der Waals surface area contributed by atoms with Crippen LogP contribution in [0.2, 0.25) is 0 Å². The Kier molecular flexibility index (Phi) is 5.67. The number of anilines is 1. The molecule has 21 heavy (non-hydrogen) atoms. The maximum atomic E-state index is 5.59. The van der Waals surface area contributed by atoms with E-state index < -0.39 is 0 Å². The first-order valence-corrected chi connectivity index (χ1v) is 7.79. The first-order valence-electron chi connectivity index (χ1n) is 7.79. The van der Waals surface area contributed by atoms with Crippen LogP contribution in [0, 0.1) is 0 Å². The van der Waals surface area contributed by atoms with Gasteiger partial charge in [-0.15, -0.1) is 0 Å². The van der Waals surface area contributed by atoms with Crippen molar-refractivity contribution in [1.29, 1.82) is 0 Å². The standard InChI is InChI=1S/C17H25N3O/c1-4-11-21-17-9-7-15(8-10-17)18-13-16-12-14(5-2)19-20(16)6-3/h7-10,12,18H,4-6,11,13H2,1-3H3. The van der Waals surface area contributed by atoms with Crippen LogP contribution in [0.3, 0.4) is 0 Å². The second kappa shape index (κ2) is 7.72. The zero-order valence-corrected chi connectivity index (χ0v) is 13.2. The SMILES string of the molecule is CCCOc1ccc(NCc2cc(CC)nn2CC)cc1. The van der Waals surface area contributed by atoms with Crippen molar-refractivity contribution in [2.24, 2.45) is 0 Å². The average molecular weight is 287 g/mol. The van der Waals surface area contributed by atoms with Crippen LogP contribution in [0.4, 0.5) is 5.69 Å². The number of rotatable bonds is 8. The normalized spacial score (nSPS) is 10.6. The molecule has 0 aliphatic heterocycles. The number of nitrogens with zero attached hydrogens (tertiary/aromatic N) is 2. The molecule has 1 heterocycles. The summed E-state index contributed by atoms with van der Waals surface area (Å²) in [5, 5.41) is 8.00. The highest BCUT2D eigenvalue weighted by Gasteiger charge is 2.05. The number of aromatic nitrogens is 2. The van der Waals surface area contributed by atoms with Crippen molar-refractivity contribution in [2.45, 2.75) is 46.7 Å². The molecule has 0 aliphatic rings. The van der Waals surface area contributed by atoms with E-state index in [4.69, 9.17) is 4.74 Å². The Morgan fingerprint density at radius 3 is 2.52 bits per heavy atom. The third kappa shape index (κ3) is 4.25. The summed E-state index contributed by atoms with van der Waals surface area (Å²) in [6, 6.07) is 10.3. The number of nitrogens with one attached hydrogen (secondary N) is 1. The lowest BCUT2D eigenvalue weighted by Gasteiger charge is -2.09. The van der Waals surface area contributed by atoms with Crippen molar-refractivity contribution < 1.29 is 4.74 Å². The van der Waals surface area contributed by atoms with Crippen LogP contribution in [-0.2, 0) is 19.5 Å². The molecule has 0 saturated carbocycles. The van der Waals surface area contributed by atoms with Crippen LogP contribution < -0.4 is 10.1 Å². The molecule has 2 rings (SSSR count). The summed E-state index contributed by atoms with van der Waals surface area (Å²) in [6.45, 7) is 8.82. The van der Waals surface area contributed by atoms with Crippen molar-refractivity contribution in [3.05, 3.63) is 41.7 Å². The quantitative estimate of drug-likeness (QED) is 0.801. The van der Waals surface area contributed by atoms with E-state index in [9.17, 15) is 0 Å². The first-order chi connectivity index (χ1) is 10.3. The van der Waals surface area contributed by atoms with E-state index in [1.54, 1.807) is 0 Å². The molecule has 0 saturated heterocycles. The maximum Gasteiger partial charge on any atom is 0.119 e. The highest BCUT2D eigenvalue weighted by molar-refractivity contribution is 5.46. The number of hydrogen-bond acceptors (Lipinski definition) is 3. The number of ether oxygens (including phenoxy) is 1. The molecular formula is C17H25N3O. The fraction of sp³-hybridized carbons (Fsp3) is 0.471. The second-order valence-electron chi connectivity index (χ2n) is 5.02. The van der Waals surface area contributed by atoms with Gasteiger partial charge in [-0.3, -0.25) is 4.68 Å². The lowest BCUT2D eigenvalue weighted by atomic mass is 10.2.